The fourth-order valence-corrected chi connectivity index (χ4v) is 2.18. The zero-order valence-corrected chi connectivity index (χ0v) is 9.95. The summed E-state index contributed by atoms with van der Waals surface area (Å²) in [5, 5.41) is 9.31. The third-order valence-corrected chi connectivity index (χ3v) is 3.23. The minimum Gasteiger partial charge on any atom is -0.508 e. The Morgan fingerprint density at radius 1 is 1.12 bits per heavy atom. The summed E-state index contributed by atoms with van der Waals surface area (Å²) in [6, 6.07) is 7.47. The highest BCUT2D eigenvalue weighted by molar-refractivity contribution is 5.32. The molecule has 0 bridgehead atoms. The van der Waals surface area contributed by atoms with Crippen LogP contribution < -0.4 is 0 Å². The van der Waals surface area contributed by atoms with Gasteiger partial charge in [-0.15, -0.1) is 13.2 Å². The summed E-state index contributed by atoms with van der Waals surface area (Å²) in [4.78, 5) is 0. The molecule has 0 saturated heterocycles. The highest BCUT2D eigenvalue weighted by Crippen LogP contribution is 2.36. The predicted molar refractivity (Wildman–Crippen MR) is 69.7 cm³/mol. The van der Waals surface area contributed by atoms with Crippen molar-refractivity contribution in [2.45, 2.75) is 31.6 Å². The van der Waals surface area contributed by atoms with Crippen LogP contribution in [0.2, 0.25) is 0 Å². The van der Waals surface area contributed by atoms with Gasteiger partial charge < -0.3 is 5.11 Å². The van der Waals surface area contributed by atoms with Gasteiger partial charge in [-0.2, -0.15) is 0 Å². The molecule has 0 atom stereocenters. The van der Waals surface area contributed by atoms with Crippen LogP contribution in [0.3, 0.4) is 0 Å². The first kappa shape index (κ1) is 12.6. The predicted octanol–water partition coefficient (Wildman–Crippen LogP) is 4.19. The smallest absolute Gasteiger partial charge is 0.115 e. The van der Waals surface area contributed by atoms with Crippen LogP contribution in [0.4, 0.5) is 0 Å². The van der Waals surface area contributed by atoms with Crippen LogP contribution in [-0.2, 0) is 5.41 Å². The fourth-order valence-electron chi connectivity index (χ4n) is 2.18. The van der Waals surface area contributed by atoms with Crippen molar-refractivity contribution in [2.75, 3.05) is 0 Å². The SMILES string of the molecule is C=CCC(CC)(CC=C)c1ccc(O)cc1. The van der Waals surface area contributed by atoms with E-state index in [0.717, 1.165) is 19.3 Å². The van der Waals surface area contributed by atoms with E-state index < -0.39 is 0 Å². The Bertz CT molecular complexity index is 338. The monoisotopic (exact) mass is 216 g/mol. The maximum atomic E-state index is 9.31. The summed E-state index contributed by atoms with van der Waals surface area (Å²) in [6.45, 7) is 9.85. The number of phenols is 1. The van der Waals surface area contributed by atoms with Gasteiger partial charge in [-0.05, 0) is 37.0 Å². The molecule has 0 spiro atoms. The molecule has 1 aromatic rings. The maximum absolute atomic E-state index is 9.31. The quantitative estimate of drug-likeness (QED) is 0.707. The molecule has 0 fully saturated rings. The van der Waals surface area contributed by atoms with Gasteiger partial charge in [0.1, 0.15) is 5.75 Å². The van der Waals surface area contributed by atoms with Gasteiger partial charge in [0.05, 0.1) is 0 Å². The lowest BCUT2D eigenvalue weighted by Crippen LogP contribution is -2.23. The molecule has 0 aliphatic rings. The molecule has 0 aromatic heterocycles. The average Bonchev–Trinajstić information content (AvgIpc) is 2.29. The van der Waals surface area contributed by atoms with Crippen LogP contribution in [0, 0.1) is 0 Å². The molecule has 0 aliphatic carbocycles. The Labute approximate surface area is 98.1 Å². The Morgan fingerprint density at radius 2 is 1.62 bits per heavy atom. The number of hydrogen-bond acceptors (Lipinski definition) is 1. The summed E-state index contributed by atoms with van der Waals surface area (Å²) in [5.41, 5.74) is 1.32. The Hall–Kier alpha value is -1.50. The molecule has 1 nitrogen and oxygen atoms in total. The molecule has 1 aromatic carbocycles. The van der Waals surface area contributed by atoms with Gasteiger partial charge in [0.15, 0.2) is 0 Å². The number of hydrogen-bond donors (Lipinski definition) is 1. The summed E-state index contributed by atoms with van der Waals surface area (Å²) < 4.78 is 0. The van der Waals surface area contributed by atoms with E-state index in [-0.39, 0.29) is 5.41 Å². The molecule has 1 heteroatoms. The fraction of sp³-hybridized carbons (Fsp3) is 0.333. The zero-order chi connectivity index (χ0) is 12.0. The highest BCUT2D eigenvalue weighted by Gasteiger charge is 2.27. The van der Waals surface area contributed by atoms with Crippen molar-refractivity contribution < 1.29 is 5.11 Å². The van der Waals surface area contributed by atoms with Gasteiger partial charge in [0, 0.05) is 5.41 Å². The standard InChI is InChI=1S/C15H20O/c1-4-11-15(6-3,12-5-2)13-7-9-14(16)10-8-13/h4-5,7-10,16H,1-2,6,11-12H2,3H3. The molecule has 0 unspecified atom stereocenters. The molecule has 1 N–H and O–H groups in total. The van der Waals surface area contributed by atoms with E-state index in [0.29, 0.717) is 5.75 Å². The van der Waals surface area contributed by atoms with E-state index in [1.54, 1.807) is 12.1 Å². The molecular weight excluding hydrogens is 196 g/mol. The molecule has 0 amide bonds. The second-order valence-electron chi connectivity index (χ2n) is 4.17. The molecule has 0 radical (unpaired) electrons. The van der Waals surface area contributed by atoms with Gasteiger partial charge in [-0.25, -0.2) is 0 Å². The van der Waals surface area contributed by atoms with Crippen molar-refractivity contribution in [1.29, 1.82) is 0 Å². The summed E-state index contributed by atoms with van der Waals surface area (Å²) in [5.74, 6) is 0.311. The lowest BCUT2D eigenvalue weighted by atomic mass is 9.73. The lowest BCUT2D eigenvalue weighted by Gasteiger charge is -2.31. The third-order valence-electron chi connectivity index (χ3n) is 3.23. The van der Waals surface area contributed by atoms with E-state index in [9.17, 15) is 5.11 Å². The van der Waals surface area contributed by atoms with Gasteiger partial charge in [0.2, 0.25) is 0 Å². The normalized spacial score (nSPS) is 11.1. The van der Waals surface area contributed by atoms with Crippen molar-refractivity contribution in [3.05, 3.63) is 55.1 Å². The van der Waals surface area contributed by atoms with Crippen LogP contribution in [0.25, 0.3) is 0 Å². The van der Waals surface area contributed by atoms with Crippen LogP contribution in [0.5, 0.6) is 5.75 Å². The Morgan fingerprint density at radius 3 is 2.00 bits per heavy atom. The Kier molecular flexibility index (Phi) is 4.36. The third kappa shape index (κ3) is 2.54. The van der Waals surface area contributed by atoms with Crippen molar-refractivity contribution in [3.8, 4) is 5.75 Å². The lowest BCUT2D eigenvalue weighted by molar-refractivity contribution is 0.418. The van der Waals surface area contributed by atoms with Crippen LogP contribution >= 0.6 is 0 Å². The molecule has 0 saturated carbocycles. The van der Waals surface area contributed by atoms with Crippen molar-refractivity contribution >= 4 is 0 Å². The molecular formula is C15H20O. The van der Waals surface area contributed by atoms with Crippen molar-refractivity contribution in [1.82, 2.24) is 0 Å². The molecule has 0 aliphatic heterocycles. The Balaban J connectivity index is 3.11. The highest BCUT2D eigenvalue weighted by atomic mass is 16.3. The zero-order valence-electron chi connectivity index (χ0n) is 9.95. The van der Waals surface area contributed by atoms with Crippen LogP contribution in [0.15, 0.2) is 49.6 Å². The van der Waals surface area contributed by atoms with E-state index in [4.69, 9.17) is 0 Å². The molecule has 0 heterocycles. The van der Waals surface area contributed by atoms with E-state index in [1.807, 2.05) is 24.3 Å². The average molecular weight is 216 g/mol. The van der Waals surface area contributed by atoms with Gasteiger partial charge in [0.25, 0.3) is 0 Å². The second-order valence-corrected chi connectivity index (χ2v) is 4.17. The first-order valence-electron chi connectivity index (χ1n) is 5.70. The first-order valence-corrected chi connectivity index (χ1v) is 5.70. The van der Waals surface area contributed by atoms with Gasteiger partial charge in [-0.3, -0.25) is 0 Å². The summed E-state index contributed by atoms with van der Waals surface area (Å²) in [6.07, 6.45) is 6.82. The van der Waals surface area contributed by atoms with Crippen LogP contribution in [0.1, 0.15) is 31.7 Å². The van der Waals surface area contributed by atoms with Gasteiger partial charge in [-0.1, -0.05) is 31.2 Å². The number of benzene rings is 1. The first-order chi connectivity index (χ1) is 7.68. The number of aromatic hydroxyl groups is 1. The van der Waals surface area contributed by atoms with Gasteiger partial charge >= 0.3 is 0 Å². The van der Waals surface area contributed by atoms with E-state index in [2.05, 4.69) is 20.1 Å². The number of rotatable bonds is 6. The summed E-state index contributed by atoms with van der Waals surface area (Å²) >= 11 is 0. The van der Waals surface area contributed by atoms with E-state index >= 15 is 0 Å². The minimum absolute atomic E-state index is 0.0806. The molecule has 1 rings (SSSR count). The summed E-state index contributed by atoms with van der Waals surface area (Å²) in [7, 11) is 0. The van der Waals surface area contributed by atoms with Crippen molar-refractivity contribution in [2.24, 2.45) is 0 Å². The molecule has 86 valence electrons. The van der Waals surface area contributed by atoms with E-state index in [1.165, 1.54) is 5.56 Å². The topological polar surface area (TPSA) is 20.2 Å². The maximum Gasteiger partial charge on any atom is 0.115 e. The second kappa shape index (κ2) is 5.55. The largest absolute Gasteiger partial charge is 0.508 e. The molecule has 16 heavy (non-hydrogen) atoms. The number of allylic oxidation sites excluding steroid dienone is 2. The number of phenolic OH excluding ortho intramolecular Hbond substituents is 1. The van der Waals surface area contributed by atoms with Crippen molar-refractivity contribution in [3.63, 3.8) is 0 Å². The van der Waals surface area contributed by atoms with Crippen LogP contribution in [-0.4, -0.2) is 5.11 Å². The minimum atomic E-state index is 0.0806.